The number of hydrogen-bond donors (Lipinski definition) is 0. The van der Waals surface area contributed by atoms with Gasteiger partial charge in [-0.25, -0.2) is 0 Å². The van der Waals surface area contributed by atoms with Gasteiger partial charge in [0.25, 0.3) is 0 Å². The Balaban J connectivity index is 0. The smallest absolute Gasteiger partial charge is 1.00 e. The first kappa shape index (κ1) is 171. The fraction of sp³-hybridized carbons (Fsp3) is 0. The van der Waals surface area contributed by atoms with Crippen molar-refractivity contribution in [1.82, 2.24) is 0 Å². The quantitative estimate of drug-likeness (QED) is 0.379. The van der Waals surface area contributed by atoms with Gasteiger partial charge in [0, 0.05) is 0 Å². The second kappa shape index (κ2) is 123. The molecule has 0 spiro atoms. The second-order valence-corrected chi connectivity index (χ2v) is 0. The largest absolute Gasteiger partial charge is 3.00 e. The average Bonchev–Trinajstić information content (AvgIpc) is 0. The van der Waals surface area contributed by atoms with Crippen molar-refractivity contribution in [3.63, 3.8) is 0 Å². The summed E-state index contributed by atoms with van der Waals surface area (Å²) in [7, 11) is 0. The Morgan fingerprint density at radius 2 is 0.375 bits per heavy atom. The molecule has 0 unspecified atom stereocenters. The van der Waals surface area contributed by atoms with Gasteiger partial charge in [0.1, 0.15) is 0 Å². The first-order valence-corrected chi connectivity index (χ1v) is 0. The van der Waals surface area contributed by atoms with Crippen LogP contribution in [-0.2, 0) is 32.7 Å². The van der Waals surface area contributed by atoms with E-state index < -0.39 is 0 Å². The Morgan fingerprint density at radius 3 is 0.375 bits per heavy atom. The first-order chi connectivity index (χ1) is 0. The van der Waals surface area contributed by atoms with Crippen molar-refractivity contribution in [1.29, 1.82) is 0 Å². The van der Waals surface area contributed by atoms with Crippen LogP contribution in [0.5, 0.6) is 0 Å². The van der Waals surface area contributed by atoms with Crippen molar-refractivity contribution in [2.24, 2.45) is 0 Å². The number of hydrogen-bond acceptors (Lipinski definition) is 0. The maximum atomic E-state index is 0. The molecular weight excluding hydrogens is 355 g/mol. The molecule has 8 heavy (non-hydrogen) atoms. The molecule has 0 aliphatic heterocycles. The molecule has 52 valence electrons. The van der Waals surface area contributed by atoms with Crippen molar-refractivity contribution >= 4 is 0 Å². The Bertz CT molecular complexity index is 8.49. The fourth-order valence-electron chi connectivity index (χ4n) is 0. The molecule has 0 N–H and O–H groups in total. The summed E-state index contributed by atoms with van der Waals surface area (Å²) in [5, 5.41) is 0. The van der Waals surface area contributed by atoms with Gasteiger partial charge >= 0.3 is 82.1 Å². The van der Waals surface area contributed by atoms with Crippen molar-refractivity contribution in [3.8, 4) is 0 Å². The summed E-state index contributed by atoms with van der Waals surface area (Å²) in [6.07, 6.45) is 0. The van der Waals surface area contributed by atoms with Crippen LogP contribution >= 0.6 is 0 Å². The molecule has 0 aromatic rings. The van der Waals surface area contributed by atoms with E-state index in [2.05, 4.69) is 0 Å². The van der Waals surface area contributed by atoms with Crippen LogP contribution in [0.1, 0.15) is 0 Å². The molecule has 0 saturated carbocycles. The van der Waals surface area contributed by atoms with Gasteiger partial charge < -0.3 is 28.2 Å². The van der Waals surface area contributed by atoms with E-state index in [1.807, 2.05) is 0 Å². The van der Waals surface area contributed by atoms with Gasteiger partial charge in [-0.2, -0.15) is 0 Å². The van der Waals surface area contributed by atoms with E-state index in [0.29, 0.717) is 0 Å². The first-order valence-electron chi connectivity index (χ1n) is 0. The summed E-state index contributed by atoms with van der Waals surface area (Å²) < 4.78 is 0. The summed E-state index contributed by atoms with van der Waals surface area (Å²) in [6.45, 7) is 0. The summed E-state index contributed by atoms with van der Waals surface area (Å²) in [5.41, 5.74) is 0. The Morgan fingerprint density at radius 1 is 0.375 bits per heavy atom. The van der Waals surface area contributed by atoms with Crippen LogP contribution in [0.25, 0.3) is 0 Å². The third-order valence-electron chi connectivity index (χ3n) is 0. The summed E-state index contributed by atoms with van der Waals surface area (Å²) in [4.78, 5) is 0. The van der Waals surface area contributed by atoms with E-state index in [-0.39, 0.29) is 110 Å². The van der Waals surface area contributed by atoms with Crippen LogP contribution in [0.3, 0.4) is 0 Å². The van der Waals surface area contributed by atoms with Crippen LogP contribution in [0, 0.1) is 49.4 Å². The van der Waals surface area contributed by atoms with Crippen molar-refractivity contribution in [2.75, 3.05) is 0 Å². The van der Waals surface area contributed by atoms with Gasteiger partial charge in [0.15, 0.2) is 0 Å². The molecule has 0 aromatic heterocycles. The third kappa shape index (κ3) is 84.9. The topological polar surface area (TPSA) is 0 Å². The van der Waals surface area contributed by atoms with E-state index in [1.54, 1.807) is 0 Å². The molecule has 0 rings (SSSR count). The Hall–Kier alpha value is 2.27. The van der Waals surface area contributed by atoms with E-state index in [0.717, 1.165) is 0 Å². The minimum absolute atomic E-state index is 0. The molecule has 0 nitrogen and oxygen atoms in total. The summed E-state index contributed by atoms with van der Waals surface area (Å²) in [5.74, 6) is 0. The van der Waals surface area contributed by atoms with Crippen molar-refractivity contribution < 1.29 is 110 Å². The zero-order valence-electron chi connectivity index (χ0n) is 3.22. The maximum Gasteiger partial charge on any atom is 3.00 e. The molecule has 0 amide bonds. The maximum absolute atomic E-state index is 0. The molecule has 0 aromatic carbocycles. The van der Waals surface area contributed by atoms with Gasteiger partial charge in [-0.3, -0.25) is 0 Å². The van der Waals surface area contributed by atoms with Gasteiger partial charge in [-0.1, -0.05) is 0 Å². The molecule has 0 bridgehead atoms. The van der Waals surface area contributed by atoms with Crippen LogP contribution in [0.2, 0.25) is 0 Å². The van der Waals surface area contributed by atoms with Crippen molar-refractivity contribution in [3.05, 3.63) is 0 Å². The molecule has 0 aliphatic carbocycles. The standard InChI is InChI=1S/Eu.6FH.Y/h;6*1H;/q+3;;;;;;;+3/p-6. The summed E-state index contributed by atoms with van der Waals surface area (Å²) >= 11 is 0. The van der Waals surface area contributed by atoms with E-state index in [9.17, 15) is 0 Å². The second-order valence-electron chi connectivity index (χ2n) is 0. The SMILES string of the molecule is [Eu+3].[F-].[F-].[F-].[F-].[F-].[F-].[Y+3]. The molecule has 0 fully saturated rings. The minimum atomic E-state index is 0. The zero-order chi connectivity index (χ0) is 0. The predicted molar refractivity (Wildman–Crippen MR) is 0 cm³/mol. The molecule has 0 aliphatic rings. The van der Waals surface area contributed by atoms with Gasteiger partial charge in [-0.05, 0) is 0 Å². The Labute approximate surface area is 108 Å². The minimum Gasteiger partial charge on any atom is -1.00 e. The molecule has 0 radical (unpaired) electrons. The predicted octanol–water partition coefficient (Wildman–Crippen LogP) is -18.0. The monoisotopic (exact) mass is 356 g/mol. The Kier molecular flexibility index (Phi) is 2640. The average molecular weight is 355 g/mol. The summed E-state index contributed by atoms with van der Waals surface area (Å²) in [6, 6.07) is 0. The zero-order valence-corrected chi connectivity index (χ0v) is 8.49. The van der Waals surface area contributed by atoms with Crippen LogP contribution in [0.15, 0.2) is 0 Å². The normalized spacial score (nSPS) is 0. The number of halogens is 6. The van der Waals surface area contributed by atoms with Crippen LogP contribution in [0.4, 0.5) is 0 Å². The third-order valence-corrected chi connectivity index (χ3v) is 0. The molecule has 0 atom stereocenters. The van der Waals surface area contributed by atoms with E-state index in [4.69, 9.17) is 0 Å². The molecule has 0 heterocycles. The number of rotatable bonds is 0. The van der Waals surface area contributed by atoms with Crippen LogP contribution in [-0.4, -0.2) is 0 Å². The van der Waals surface area contributed by atoms with Gasteiger partial charge in [-0.15, -0.1) is 0 Å². The van der Waals surface area contributed by atoms with Gasteiger partial charge in [0.05, 0.1) is 0 Å². The van der Waals surface area contributed by atoms with Gasteiger partial charge in [0.2, 0.25) is 0 Å². The van der Waals surface area contributed by atoms with Crippen LogP contribution < -0.4 is 28.2 Å². The molecule has 0 saturated heterocycles. The van der Waals surface area contributed by atoms with Crippen molar-refractivity contribution in [2.45, 2.75) is 0 Å². The fourth-order valence-corrected chi connectivity index (χ4v) is 0. The van der Waals surface area contributed by atoms with E-state index in [1.165, 1.54) is 0 Å². The molecule has 8 heteroatoms. The molecular formula is EuF6Y. The van der Waals surface area contributed by atoms with E-state index >= 15 is 0 Å².